The first-order chi connectivity index (χ1) is 16.0. The molecule has 3 heterocycles. The predicted molar refractivity (Wildman–Crippen MR) is 125 cm³/mol. The first kappa shape index (κ1) is 20.4. The second-order valence-corrected chi connectivity index (χ2v) is 7.92. The quantitative estimate of drug-likeness (QED) is 0.374. The van der Waals surface area contributed by atoms with Crippen LogP contribution in [0.2, 0.25) is 0 Å². The van der Waals surface area contributed by atoms with E-state index in [4.69, 9.17) is 5.73 Å². The number of benzene rings is 1. The Morgan fingerprint density at radius 1 is 1.09 bits per heavy atom. The highest BCUT2D eigenvalue weighted by Gasteiger charge is 2.27. The number of nitrogens with one attached hydrogen (secondary N) is 3. The van der Waals surface area contributed by atoms with Crippen LogP contribution in [0.3, 0.4) is 0 Å². The van der Waals surface area contributed by atoms with Gasteiger partial charge < -0.3 is 16.4 Å². The van der Waals surface area contributed by atoms with E-state index in [1.165, 1.54) is 6.33 Å². The Kier molecular flexibility index (Phi) is 5.09. The van der Waals surface area contributed by atoms with Gasteiger partial charge in [-0.1, -0.05) is 18.2 Å². The van der Waals surface area contributed by atoms with E-state index < -0.39 is 6.03 Å². The summed E-state index contributed by atoms with van der Waals surface area (Å²) in [7, 11) is 0. The molecule has 33 heavy (non-hydrogen) atoms. The lowest BCUT2D eigenvalue weighted by Gasteiger charge is -2.10. The number of nitrogen functional groups attached to an aromatic ring is 1. The average molecular weight is 442 g/mol. The van der Waals surface area contributed by atoms with Gasteiger partial charge in [0.2, 0.25) is 0 Å². The molecule has 1 saturated carbocycles. The molecule has 1 aliphatic carbocycles. The summed E-state index contributed by atoms with van der Waals surface area (Å²) in [6.45, 7) is 1.85. The number of nitrogens with zero attached hydrogens (tertiary/aromatic N) is 4. The molecule has 0 bridgehead atoms. The Morgan fingerprint density at radius 3 is 2.61 bits per heavy atom. The van der Waals surface area contributed by atoms with Crippen molar-refractivity contribution >= 4 is 34.8 Å². The Morgan fingerprint density at radius 2 is 1.88 bits per heavy atom. The molecule has 0 unspecified atom stereocenters. The lowest BCUT2D eigenvalue weighted by Crippen LogP contribution is -2.25. The van der Waals surface area contributed by atoms with Crippen LogP contribution in [0.5, 0.6) is 0 Å². The molecule has 3 aromatic heterocycles. The number of aromatic nitrogens is 4. The molecule has 0 spiro atoms. The van der Waals surface area contributed by atoms with Gasteiger partial charge in [0.05, 0.1) is 5.56 Å². The lowest BCUT2D eigenvalue weighted by atomic mass is 10.0. The van der Waals surface area contributed by atoms with Crippen LogP contribution in [0, 0.1) is 6.92 Å². The van der Waals surface area contributed by atoms with Gasteiger partial charge in [0, 0.05) is 29.2 Å². The fourth-order valence-electron chi connectivity index (χ4n) is 3.60. The number of amides is 3. The zero-order chi connectivity index (χ0) is 22.9. The van der Waals surface area contributed by atoms with Gasteiger partial charge >= 0.3 is 6.03 Å². The van der Waals surface area contributed by atoms with Crippen LogP contribution in [0.1, 0.15) is 28.9 Å². The van der Waals surface area contributed by atoms with Gasteiger partial charge in [-0.25, -0.2) is 19.3 Å². The summed E-state index contributed by atoms with van der Waals surface area (Å²) in [5.74, 6) is 0.563. The van der Waals surface area contributed by atoms with Crippen molar-refractivity contribution in [1.82, 2.24) is 24.9 Å². The van der Waals surface area contributed by atoms with Gasteiger partial charge in [0.25, 0.3) is 5.91 Å². The third-order valence-corrected chi connectivity index (χ3v) is 5.32. The average Bonchev–Trinajstić information content (AvgIpc) is 3.50. The second kappa shape index (κ2) is 8.23. The summed E-state index contributed by atoms with van der Waals surface area (Å²) in [6.07, 6.45) is 4.98. The van der Waals surface area contributed by atoms with Crippen molar-refractivity contribution in [3.05, 3.63) is 66.2 Å². The Labute approximate surface area is 189 Å². The van der Waals surface area contributed by atoms with Crippen molar-refractivity contribution in [3.63, 3.8) is 0 Å². The molecule has 166 valence electrons. The van der Waals surface area contributed by atoms with Crippen molar-refractivity contribution in [1.29, 1.82) is 0 Å². The van der Waals surface area contributed by atoms with Gasteiger partial charge in [-0.05, 0) is 49.6 Å². The molecule has 0 atom stereocenters. The van der Waals surface area contributed by atoms with Crippen LogP contribution in [0.4, 0.5) is 22.1 Å². The Balaban J connectivity index is 1.42. The summed E-state index contributed by atoms with van der Waals surface area (Å²) >= 11 is 0. The third-order valence-electron chi connectivity index (χ3n) is 5.32. The normalized spacial score (nSPS) is 13.0. The van der Waals surface area contributed by atoms with E-state index in [9.17, 15) is 9.59 Å². The molecule has 4 aromatic rings. The van der Waals surface area contributed by atoms with Gasteiger partial charge in [-0.15, -0.1) is 0 Å². The van der Waals surface area contributed by atoms with E-state index in [0.717, 1.165) is 24.1 Å². The maximum atomic E-state index is 12.9. The summed E-state index contributed by atoms with van der Waals surface area (Å²) in [5.41, 5.74) is 9.95. The summed E-state index contributed by atoms with van der Waals surface area (Å²) in [5, 5.41) is 12.7. The number of fused-ring (bicyclic) bond motifs is 1. The van der Waals surface area contributed by atoms with Gasteiger partial charge in [0.15, 0.2) is 5.82 Å². The molecular weight excluding hydrogens is 420 g/mol. The van der Waals surface area contributed by atoms with Crippen molar-refractivity contribution in [2.45, 2.75) is 25.8 Å². The fraction of sp³-hybridized carbons (Fsp3) is 0.174. The smallest absolute Gasteiger partial charge is 0.324 e. The van der Waals surface area contributed by atoms with Crippen molar-refractivity contribution in [3.8, 4) is 11.1 Å². The number of hydrogen-bond acceptors (Lipinski definition) is 6. The molecule has 1 fully saturated rings. The van der Waals surface area contributed by atoms with E-state index >= 15 is 0 Å². The number of carbonyl (C=O) groups is 2. The molecule has 10 heteroatoms. The highest BCUT2D eigenvalue weighted by atomic mass is 16.2. The van der Waals surface area contributed by atoms with E-state index in [0.29, 0.717) is 28.1 Å². The van der Waals surface area contributed by atoms with Crippen molar-refractivity contribution in [2.75, 3.05) is 16.4 Å². The molecule has 5 rings (SSSR count). The lowest BCUT2D eigenvalue weighted by molar-refractivity contribution is 0.0951. The molecule has 0 aliphatic heterocycles. The monoisotopic (exact) mass is 442 g/mol. The van der Waals surface area contributed by atoms with E-state index in [1.54, 1.807) is 28.9 Å². The Hall–Kier alpha value is -4.47. The summed E-state index contributed by atoms with van der Waals surface area (Å²) in [6, 6.07) is 12.3. The minimum Gasteiger partial charge on any atom is -0.382 e. The fourth-order valence-corrected chi connectivity index (χ4v) is 3.60. The van der Waals surface area contributed by atoms with Crippen LogP contribution in [0.25, 0.3) is 16.6 Å². The minimum atomic E-state index is -0.405. The molecule has 5 N–H and O–H groups in total. The van der Waals surface area contributed by atoms with E-state index in [2.05, 4.69) is 31.0 Å². The van der Waals surface area contributed by atoms with Crippen LogP contribution in [-0.2, 0) is 0 Å². The molecular formula is C23H22N8O2. The molecule has 1 aliphatic rings. The minimum absolute atomic E-state index is 0.176. The zero-order valence-corrected chi connectivity index (χ0v) is 17.9. The molecule has 0 saturated heterocycles. The first-order valence-corrected chi connectivity index (χ1v) is 10.5. The number of pyridine rings is 1. The highest BCUT2D eigenvalue weighted by Crippen LogP contribution is 2.33. The molecule has 3 amide bonds. The topological polar surface area (TPSA) is 139 Å². The van der Waals surface area contributed by atoms with Gasteiger partial charge in [-0.3, -0.25) is 10.1 Å². The van der Waals surface area contributed by atoms with Gasteiger partial charge in [-0.2, -0.15) is 5.10 Å². The summed E-state index contributed by atoms with van der Waals surface area (Å²) < 4.78 is 1.56. The highest BCUT2D eigenvalue weighted by molar-refractivity contribution is 6.07. The standard InChI is InChI=1S/C23H22N8O2/c1-13-3-2-4-18(27-13)30-23(33)29-16-7-5-14(6-8-16)19-17(22(32)28-15-9-10-15)11-31-20(19)21(24)25-12-26-31/h2-8,11-12,15H,9-10H2,1H3,(H,28,32)(H2,24,25,26)(H2,27,29,30,33). The molecule has 10 nitrogen and oxygen atoms in total. The van der Waals surface area contributed by atoms with Crippen LogP contribution >= 0.6 is 0 Å². The second-order valence-electron chi connectivity index (χ2n) is 7.92. The SMILES string of the molecule is Cc1cccc(NC(=O)Nc2ccc(-c3c(C(=O)NC4CC4)cn4ncnc(N)c34)cc2)n1. The molecule has 0 radical (unpaired) electrons. The largest absolute Gasteiger partial charge is 0.382 e. The van der Waals surface area contributed by atoms with Crippen molar-refractivity contribution < 1.29 is 9.59 Å². The third kappa shape index (κ3) is 4.31. The van der Waals surface area contributed by atoms with Crippen LogP contribution < -0.4 is 21.7 Å². The number of carbonyl (C=O) groups excluding carboxylic acids is 2. The predicted octanol–water partition coefficient (Wildman–Crippen LogP) is 3.22. The maximum absolute atomic E-state index is 12.9. The number of urea groups is 1. The Bertz CT molecular complexity index is 1360. The van der Waals surface area contributed by atoms with Crippen LogP contribution in [-0.4, -0.2) is 37.6 Å². The van der Waals surface area contributed by atoms with E-state index in [1.807, 2.05) is 31.2 Å². The first-order valence-electron chi connectivity index (χ1n) is 10.5. The number of rotatable bonds is 5. The van der Waals surface area contributed by atoms with E-state index in [-0.39, 0.29) is 17.8 Å². The summed E-state index contributed by atoms with van der Waals surface area (Å²) in [4.78, 5) is 33.6. The van der Waals surface area contributed by atoms with Crippen molar-refractivity contribution in [2.24, 2.45) is 0 Å². The molecule has 1 aromatic carbocycles. The number of anilines is 3. The number of nitrogens with two attached hydrogens (primary N) is 1. The number of hydrogen-bond donors (Lipinski definition) is 4. The van der Waals surface area contributed by atoms with Crippen LogP contribution in [0.15, 0.2) is 55.0 Å². The number of aryl methyl sites for hydroxylation is 1. The van der Waals surface area contributed by atoms with Gasteiger partial charge in [0.1, 0.15) is 17.7 Å². The maximum Gasteiger partial charge on any atom is 0.324 e. The zero-order valence-electron chi connectivity index (χ0n) is 17.9.